The van der Waals surface area contributed by atoms with Crippen molar-refractivity contribution in [1.82, 2.24) is 9.97 Å². The zero-order valence-corrected chi connectivity index (χ0v) is 10.7. The Morgan fingerprint density at radius 3 is 2.94 bits per heavy atom. The molecule has 1 heterocycles. The average molecular weight is 302 g/mol. The van der Waals surface area contributed by atoms with Gasteiger partial charge in [-0.15, -0.1) is 0 Å². The summed E-state index contributed by atoms with van der Waals surface area (Å²) in [5, 5.41) is 9.33. The Morgan fingerprint density at radius 1 is 1.44 bits per heavy atom. The summed E-state index contributed by atoms with van der Waals surface area (Å²) in [5.74, 6) is 0.697. The van der Waals surface area contributed by atoms with Gasteiger partial charge in [0.25, 0.3) is 0 Å². The van der Waals surface area contributed by atoms with E-state index in [0.29, 0.717) is 23.1 Å². The number of nitrogens with zero attached hydrogens (tertiary/aromatic N) is 1. The fourth-order valence-electron chi connectivity index (χ4n) is 1.45. The first-order chi connectivity index (χ1) is 7.70. The van der Waals surface area contributed by atoms with E-state index in [1.54, 1.807) is 0 Å². The molecule has 3 nitrogen and oxygen atoms in total. The minimum absolute atomic E-state index is 0.0573. The SMILES string of the molecule is OCCc1nc(-c2cccc(Br)c2)c(Cl)[nH]1. The fraction of sp³-hybridized carbons (Fsp3) is 0.182. The monoisotopic (exact) mass is 300 g/mol. The van der Waals surface area contributed by atoms with Crippen LogP contribution >= 0.6 is 27.5 Å². The molecule has 84 valence electrons. The van der Waals surface area contributed by atoms with Gasteiger partial charge in [0.05, 0.1) is 6.61 Å². The van der Waals surface area contributed by atoms with Crippen molar-refractivity contribution in [3.8, 4) is 11.3 Å². The number of aromatic amines is 1. The van der Waals surface area contributed by atoms with Crippen LogP contribution in [0.4, 0.5) is 0 Å². The summed E-state index contributed by atoms with van der Waals surface area (Å²) in [6.45, 7) is 0.0573. The molecule has 0 atom stereocenters. The quantitative estimate of drug-likeness (QED) is 0.915. The molecular formula is C11H10BrClN2O. The second-order valence-corrected chi connectivity index (χ2v) is 4.62. The van der Waals surface area contributed by atoms with Gasteiger partial charge in [-0.05, 0) is 12.1 Å². The lowest BCUT2D eigenvalue weighted by molar-refractivity contribution is 0.297. The highest BCUT2D eigenvalue weighted by Gasteiger charge is 2.10. The number of benzene rings is 1. The number of aliphatic hydroxyl groups is 1. The molecule has 0 fully saturated rings. The highest BCUT2D eigenvalue weighted by atomic mass is 79.9. The molecule has 1 aromatic heterocycles. The number of hydrogen-bond donors (Lipinski definition) is 2. The van der Waals surface area contributed by atoms with Gasteiger partial charge in [-0.1, -0.05) is 39.7 Å². The summed E-state index contributed by atoms with van der Waals surface area (Å²) in [6, 6.07) is 7.76. The van der Waals surface area contributed by atoms with E-state index in [9.17, 15) is 0 Å². The Balaban J connectivity index is 2.40. The third-order valence-corrected chi connectivity index (χ3v) is 2.92. The van der Waals surface area contributed by atoms with E-state index in [1.807, 2.05) is 24.3 Å². The topological polar surface area (TPSA) is 48.9 Å². The van der Waals surface area contributed by atoms with Crippen LogP contribution in [0.25, 0.3) is 11.3 Å². The summed E-state index contributed by atoms with van der Waals surface area (Å²) in [6.07, 6.45) is 0.480. The van der Waals surface area contributed by atoms with Crippen LogP contribution in [0.3, 0.4) is 0 Å². The molecule has 0 aliphatic heterocycles. The highest BCUT2D eigenvalue weighted by Crippen LogP contribution is 2.27. The molecule has 0 spiro atoms. The number of H-pyrrole nitrogens is 1. The predicted octanol–water partition coefficient (Wildman–Crippen LogP) is 3.03. The Kier molecular flexibility index (Phi) is 3.63. The summed E-state index contributed by atoms with van der Waals surface area (Å²) in [5.41, 5.74) is 1.66. The van der Waals surface area contributed by atoms with E-state index in [1.165, 1.54) is 0 Å². The zero-order valence-electron chi connectivity index (χ0n) is 8.37. The van der Waals surface area contributed by atoms with Gasteiger partial charge in [-0.3, -0.25) is 0 Å². The first-order valence-electron chi connectivity index (χ1n) is 4.82. The van der Waals surface area contributed by atoms with Gasteiger partial charge >= 0.3 is 0 Å². The number of halogens is 2. The molecule has 0 unspecified atom stereocenters. The van der Waals surface area contributed by atoms with Gasteiger partial charge in [0.1, 0.15) is 16.7 Å². The van der Waals surface area contributed by atoms with E-state index in [2.05, 4.69) is 25.9 Å². The Morgan fingerprint density at radius 2 is 2.25 bits per heavy atom. The van der Waals surface area contributed by atoms with Crippen molar-refractivity contribution in [3.63, 3.8) is 0 Å². The Hall–Kier alpha value is -0.840. The first-order valence-corrected chi connectivity index (χ1v) is 5.99. The van der Waals surface area contributed by atoms with E-state index < -0.39 is 0 Å². The minimum Gasteiger partial charge on any atom is -0.396 e. The first kappa shape index (κ1) is 11.6. The van der Waals surface area contributed by atoms with Crippen LogP contribution < -0.4 is 0 Å². The number of aliphatic hydroxyl groups excluding tert-OH is 1. The molecular weight excluding hydrogens is 291 g/mol. The number of rotatable bonds is 3. The zero-order chi connectivity index (χ0) is 11.5. The van der Waals surface area contributed by atoms with Crippen LogP contribution in [0.1, 0.15) is 5.82 Å². The molecule has 16 heavy (non-hydrogen) atoms. The van der Waals surface area contributed by atoms with E-state index in [4.69, 9.17) is 16.7 Å². The second-order valence-electron chi connectivity index (χ2n) is 3.33. The maximum Gasteiger partial charge on any atom is 0.134 e. The molecule has 5 heteroatoms. The van der Waals surface area contributed by atoms with Crippen molar-refractivity contribution >= 4 is 27.5 Å². The summed E-state index contributed by atoms with van der Waals surface area (Å²) < 4.78 is 0.979. The summed E-state index contributed by atoms with van der Waals surface area (Å²) in [4.78, 5) is 7.29. The molecule has 2 rings (SSSR count). The molecule has 0 aliphatic carbocycles. The molecule has 0 saturated heterocycles. The number of hydrogen-bond acceptors (Lipinski definition) is 2. The Labute approximate surface area is 107 Å². The van der Waals surface area contributed by atoms with Gasteiger partial charge in [0, 0.05) is 16.5 Å². The largest absolute Gasteiger partial charge is 0.396 e. The standard InChI is InChI=1S/C11H10BrClN2O/c12-8-3-1-2-7(6-8)10-11(13)15-9(14-10)4-5-16/h1-3,6,16H,4-5H2,(H,14,15). The van der Waals surface area contributed by atoms with E-state index in [0.717, 1.165) is 10.0 Å². The van der Waals surface area contributed by atoms with Crippen molar-refractivity contribution in [1.29, 1.82) is 0 Å². The number of nitrogens with one attached hydrogen (secondary N) is 1. The second kappa shape index (κ2) is 4.99. The lowest BCUT2D eigenvalue weighted by Gasteiger charge is -1.97. The molecule has 2 aromatic rings. The van der Waals surface area contributed by atoms with Crippen LogP contribution in [-0.2, 0) is 6.42 Å². The highest BCUT2D eigenvalue weighted by molar-refractivity contribution is 9.10. The Bertz CT molecular complexity index is 498. The van der Waals surface area contributed by atoms with Crippen molar-refractivity contribution in [2.45, 2.75) is 6.42 Å². The van der Waals surface area contributed by atoms with Gasteiger partial charge in [0.2, 0.25) is 0 Å². The van der Waals surface area contributed by atoms with Gasteiger partial charge in [-0.2, -0.15) is 0 Å². The molecule has 0 radical (unpaired) electrons. The van der Waals surface area contributed by atoms with Crippen molar-refractivity contribution < 1.29 is 5.11 Å². The molecule has 2 N–H and O–H groups in total. The van der Waals surface area contributed by atoms with Gasteiger partial charge in [0.15, 0.2) is 0 Å². The van der Waals surface area contributed by atoms with Crippen molar-refractivity contribution in [2.24, 2.45) is 0 Å². The third-order valence-electron chi connectivity index (χ3n) is 2.16. The molecule has 0 bridgehead atoms. The summed E-state index contributed by atoms with van der Waals surface area (Å²) >= 11 is 9.45. The summed E-state index contributed by atoms with van der Waals surface area (Å²) in [7, 11) is 0. The van der Waals surface area contributed by atoms with Gasteiger partial charge < -0.3 is 10.1 Å². The van der Waals surface area contributed by atoms with E-state index >= 15 is 0 Å². The fourth-order valence-corrected chi connectivity index (χ4v) is 2.11. The minimum atomic E-state index is 0.0573. The average Bonchev–Trinajstić information content (AvgIpc) is 2.60. The molecule has 0 aliphatic rings. The van der Waals surface area contributed by atoms with Crippen LogP contribution in [0, 0.1) is 0 Å². The van der Waals surface area contributed by atoms with Crippen LogP contribution in [0.15, 0.2) is 28.7 Å². The lowest BCUT2D eigenvalue weighted by Crippen LogP contribution is -1.92. The van der Waals surface area contributed by atoms with E-state index in [-0.39, 0.29) is 6.61 Å². The van der Waals surface area contributed by atoms with Crippen LogP contribution in [-0.4, -0.2) is 21.7 Å². The molecule has 0 saturated carbocycles. The lowest BCUT2D eigenvalue weighted by atomic mass is 10.2. The van der Waals surface area contributed by atoms with Crippen molar-refractivity contribution in [3.05, 3.63) is 39.7 Å². The predicted molar refractivity (Wildman–Crippen MR) is 67.5 cm³/mol. The molecule has 0 amide bonds. The number of aromatic nitrogens is 2. The smallest absolute Gasteiger partial charge is 0.134 e. The number of imidazole rings is 1. The third kappa shape index (κ3) is 2.45. The van der Waals surface area contributed by atoms with Crippen LogP contribution in [0.2, 0.25) is 5.15 Å². The van der Waals surface area contributed by atoms with Crippen LogP contribution in [0.5, 0.6) is 0 Å². The van der Waals surface area contributed by atoms with Crippen molar-refractivity contribution in [2.75, 3.05) is 6.61 Å². The molecule has 1 aromatic carbocycles. The van der Waals surface area contributed by atoms with Gasteiger partial charge in [-0.25, -0.2) is 4.98 Å². The maximum atomic E-state index is 8.82. The normalized spacial score (nSPS) is 10.7. The maximum absolute atomic E-state index is 8.82.